The first kappa shape index (κ1) is 19.6. The number of aliphatic hydroxyl groups is 2. The molecule has 2 rings (SSSR count). The van der Waals surface area contributed by atoms with Crippen molar-refractivity contribution in [3.8, 4) is 0 Å². The summed E-state index contributed by atoms with van der Waals surface area (Å²) in [7, 11) is -3.21. The third-order valence-corrected chi connectivity index (χ3v) is 6.17. The number of aryl methyl sites for hydroxylation is 1. The number of aliphatic hydroxyl groups excluding tert-OH is 2. The molecule has 0 saturated carbocycles. The Kier molecular flexibility index (Phi) is 5.98. The van der Waals surface area contributed by atoms with Crippen molar-refractivity contribution >= 4 is 7.14 Å². The molecular formula is C16H22FN2O5P. The van der Waals surface area contributed by atoms with Crippen LogP contribution in [0.25, 0.3) is 0 Å². The van der Waals surface area contributed by atoms with Gasteiger partial charge in [0.05, 0.1) is 6.04 Å². The van der Waals surface area contributed by atoms with Crippen molar-refractivity contribution in [1.82, 2.24) is 9.55 Å². The first-order valence-corrected chi connectivity index (χ1v) is 10.0. The monoisotopic (exact) mass is 372 g/mol. The Hall–Kier alpha value is -1.76. The molecule has 0 spiro atoms. The van der Waals surface area contributed by atoms with Gasteiger partial charge in [0.1, 0.15) is 18.9 Å². The highest BCUT2D eigenvalue weighted by molar-refractivity contribution is 7.66. The van der Waals surface area contributed by atoms with Crippen molar-refractivity contribution in [1.29, 1.82) is 0 Å². The molecule has 4 atom stereocenters. The van der Waals surface area contributed by atoms with E-state index in [0.29, 0.717) is 5.56 Å². The summed E-state index contributed by atoms with van der Waals surface area (Å²) in [5, 5.41) is 18.1. The van der Waals surface area contributed by atoms with E-state index in [4.69, 9.17) is 10.2 Å². The first-order valence-electron chi connectivity index (χ1n) is 7.85. The summed E-state index contributed by atoms with van der Waals surface area (Å²) in [6.07, 6.45) is 3.34. The summed E-state index contributed by atoms with van der Waals surface area (Å²) < 4.78 is 28.0. The van der Waals surface area contributed by atoms with Crippen LogP contribution in [-0.2, 0) is 4.57 Å². The van der Waals surface area contributed by atoms with Crippen LogP contribution in [0, 0.1) is 18.8 Å². The number of alkyl halides is 1. The second-order valence-corrected chi connectivity index (χ2v) is 9.08. The molecule has 0 bridgehead atoms. The van der Waals surface area contributed by atoms with Crippen LogP contribution in [0.2, 0.25) is 0 Å². The van der Waals surface area contributed by atoms with Crippen molar-refractivity contribution < 1.29 is 19.2 Å². The number of halogens is 1. The number of nitrogens with one attached hydrogen (secondary N) is 1. The van der Waals surface area contributed by atoms with E-state index in [2.05, 4.69) is 4.98 Å². The Bertz CT molecular complexity index is 836. The Labute approximate surface area is 143 Å². The largest absolute Gasteiger partial charge is 0.388 e. The van der Waals surface area contributed by atoms with Crippen LogP contribution >= 0.6 is 7.14 Å². The van der Waals surface area contributed by atoms with Gasteiger partial charge in [0, 0.05) is 17.7 Å². The number of aromatic nitrogens is 2. The second kappa shape index (κ2) is 7.64. The van der Waals surface area contributed by atoms with Crippen LogP contribution in [0.3, 0.4) is 0 Å². The Morgan fingerprint density at radius 3 is 2.56 bits per heavy atom. The maximum atomic E-state index is 14.9. The zero-order valence-corrected chi connectivity index (χ0v) is 14.9. The van der Waals surface area contributed by atoms with Gasteiger partial charge in [-0.2, -0.15) is 0 Å². The third kappa shape index (κ3) is 4.08. The highest BCUT2D eigenvalue weighted by Gasteiger charge is 2.34. The number of hydrogen-bond donors (Lipinski definition) is 3. The van der Waals surface area contributed by atoms with Gasteiger partial charge in [-0.05, 0) is 18.7 Å². The molecule has 0 saturated heterocycles. The molecule has 7 nitrogen and oxygen atoms in total. The molecule has 1 unspecified atom stereocenters. The van der Waals surface area contributed by atoms with E-state index in [1.54, 1.807) is 13.0 Å². The average Bonchev–Trinajstić information content (AvgIpc) is 2.59. The summed E-state index contributed by atoms with van der Waals surface area (Å²) >= 11 is 0. The zero-order valence-electron chi connectivity index (χ0n) is 14.0. The van der Waals surface area contributed by atoms with Crippen molar-refractivity contribution in [3.63, 3.8) is 0 Å². The number of rotatable bonds is 5. The average molecular weight is 372 g/mol. The standard InChI is InChI=1S/C16H22FN2O5P/c1-10-7-19(16(23)18-15(10)22)13-4-3-12(11(2)14(13)17)5-6-25(24,8-20)9-21/h3-7,11-14,20-21H,8-9H2,1-2H3,(H,18,22,23)/b6-5+/t11-,12?,13-,14-/m1/s1. The van der Waals surface area contributed by atoms with E-state index in [1.165, 1.54) is 31.1 Å². The number of hydrogen-bond acceptors (Lipinski definition) is 5. The van der Waals surface area contributed by atoms with Crippen molar-refractivity contribution in [3.05, 3.63) is 56.6 Å². The third-order valence-electron chi connectivity index (χ3n) is 4.49. The molecule has 1 aromatic heterocycles. The molecule has 0 fully saturated rings. The molecule has 1 aliphatic carbocycles. The number of H-pyrrole nitrogens is 1. The van der Waals surface area contributed by atoms with Gasteiger partial charge in [-0.3, -0.25) is 14.3 Å². The minimum Gasteiger partial charge on any atom is -0.388 e. The van der Waals surface area contributed by atoms with Gasteiger partial charge >= 0.3 is 5.69 Å². The Morgan fingerprint density at radius 2 is 1.96 bits per heavy atom. The van der Waals surface area contributed by atoms with Crippen LogP contribution < -0.4 is 11.2 Å². The minimum atomic E-state index is -3.21. The predicted molar refractivity (Wildman–Crippen MR) is 92.7 cm³/mol. The van der Waals surface area contributed by atoms with E-state index >= 15 is 0 Å². The molecule has 0 amide bonds. The van der Waals surface area contributed by atoms with Gasteiger partial charge in [-0.1, -0.05) is 25.2 Å². The number of nitrogens with zero attached hydrogens (tertiary/aromatic N) is 1. The lowest BCUT2D eigenvalue weighted by atomic mass is 9.81. The Morgan fingerprint density at radius 1 is 1.32 bits per heavy atom. The van der Waals surface area contributed by atoms with Crippen LogP contribution in [0.1, 0.15) is 18.5 Å². The Balaban J connectivity index is 2.32. The summed E-state index contributed by atoms with van der Waals surface area (Å²) in [6, 6.07) is -0.856. The highest BCUT2D eigenvalue weighted by atomic mass is 31.2. The van der Waals surface area contributed by atoms with Crippen molar-refractivity contribution in [2.75, 3.05) is 12.7 Å². The first-order chi connectivity index (χ1) is 11.7. The van der Waals surface area contributed by atoms with Crippen molar-refractivity contribution in [2.24, 2.45) is 11.8 Å². The lowest BCUT2D eigenvalue weighted by molar-refractivity contribution is 0.155. The second-order valence-electron chi connectivity index (χ2n) is 6.31. The van der Waals surface area contributed by atoms with Gasteiger partial charge in [-0.25, -0.2) is 9.18 Å². The molecule has 1 aromatic rings. The van der Waals surface area contributed by atoms with Crippen LogP contribution in [-0.4, -0.2) is 38.6 Å². The van der Waals surface area contributed by atoms with E-state index in [1.807, 2.05) is 0 Å². The molecule has 138 valence electrons. The van der Waals surface area contributed by atoms with Crippen LogP contribution in [0.4, 0.5) is 4.39 Å². The summed E-state index contributed by atoms with van der Waals surface area (Å²) in [6.45, 7) is 3.19. The SMILES string of the molecule is Cc1cn([C@@H]2C=CC(/C=C/P(=O)(CO)CO)[C@@H](C)[C@H]2F)c(=O)[nH]c1=O. The van der Waals surface area contributed by atoms with E-state index in [0.717, 1.165) is 4.57 Å². The van der Waals surface area contributed by atoms with Crippen LogP contribution in [0.15, 0.2) is 39.8 Å². The molecule has 9 heteroatoms. The highest BCUT2D eigenvalue weighted by Crippen LogP contribution is 2.46. The summed E-state index contributed by atoms with van der Waals surface area (Å²) in [4.78, 5) is 25.6. The molecule has 0 aliphatic heterocycles. The molecule has 1 heterocycles. The van der Waals surface area contributed by atoms with E-state index in [-0.39, 0.29) is 0 Å². The quantitative estimate of drug-likeness (QED) is 0.533. The van der Waals surface area contributed by atoms with Gasteiger partial charge in [-0.15, -0.1) is 0 Å². The van der Waals surface area contributed by atoms with E-state index in [9.17, 15) is 18.5 Å². The fraction of sp³-hybridized carbons (Fsp3) is 0.500. The predicted octanol–water partition coefficient (Wildman–Crippen LogP) is 1.32. The molecule has 0 radical (unpaired) electrons. The molecule has 3 N–H and O–H groups in total. The van der Waals surface area contributed by atoms with Gasteiger partial charge in [0.15, 0.2) is 7.14 Å². The lowest BCUT2D eigenvalue weighted by Crippen LogP contribution is -2.40. The molecular weight excluding hydrogens is 350 g/mol. The summed E-state index contributed by atoms with van der Waals surface area (Å²) in [5.74, 6) is 0.329. The molecule has 1 aliphatic rings. The topological polar surface area (TPSA) is 112 Å². The zero-order chi connectivity index (χ0) is 18.8. The fourth-order valence-electron chi connectivity index (χ4n) is 2.74. The molecule has 25 heavy (non-hydrogen) atoms. The van der Waals surface area contributed by atoms with Gasteiger partial charge in [0.2, 0.25) is 0 Å². The number of allylic oxidation sites excluding steroid dienone is 3. The van der Waals surface area contributed by atoms with Gasteiger partial charge in [0.25, 0.3) is 5.56 Å². The van der Waals surface area contributed by atoms with Gasteiger partial charge < -0.3 is 14.8 Å². The van der Waals surface area contributed by atoms with Crippen LogP contribution in [0.5, 0.6) is 0 Å². The normalized spacial score (nSPS) is 27.1. The minimum absolute atomic E-state index is 0.307. The van der Waals surface area contributed by atoms with Crippen molar-refractivity contribution in [2.45, 2.75) is 26.1 Å². The maximum absolute atomic E-state index is 14.9. The lowest BCUT2D eigenvalue weighted by Gasteiger charge is -2.32. The maximum Gasteiger partial charge on any atom is 0.328 e. The fourth-order valence-corrected chi connectivity index (χ4v) is 3.53. The van der Waals surface area contributed by atoms with E-state index < -0.39 is 55.1 Å². The summed E-state index contributed by atoms with van der Waals surface area (Å²) in [5.41, 5.74) is -0.880. The molecule has 0 aromatic carbocycles. The number of aromatic amines is 1. The smallest absolute Gasteiger partial charge is 0.328 e.